The zero-order valence-electron chi connectivity index (χ0n) is 14.4. The Morgan fingerprint density at radius 1 is 1.20 bits per heavy atom. The Bertz CT molecular complexity index is 795. The molecule has 0 spiro atoms. The van der Waals surface area contributed by atoms with Crippen molar-refractivity contribution >= 4 is 0 Å². The van der Waals surface area contributed by atoms with E-state index in [-0.39, 0.29) is 0 Å². The van der Waals surface area contributed by atoms with E-state index in [1.54, 1.807) is 12.7 Å². The van der Waals surface area contributed by atoms with Crippen molar-refractivity contribution in [1.29, 1.82) is 0 Å². The van der Waals surface area contributed by atoms with Crippen LogP contribution >= 0.6 is 0 Å². The molecule has 130 valence electrons. The van der Waals surface area contributed by atoms with Crippen LogP contribution in [0.25, 0.3) is 11.5 Å². The maximum Gasteiger partial charge on any atom is 0.247 e. The third-order valence-corrected chi connectivity index (χ3v) is 4.64. The van der Waals surface area contributed by atoms with Gasteiger partial charge >= 0.3 is 0 Å². The summed E-state index contributed by atoms with van der Waals surface area (Å²) in [4.78, 5) is 6.40. The highest BCUT2D eigenvalue weighted by atomic mass is 16.4. The van der Waals surface area contributed by atoms with E-state index in [2.05, 4.69) is 44.2 Å². The fourth-order valence-corrected chi connectivity index (χ4v) is 3.36. The number of piperidine rings is 1. The van der Waals surface area contributed by atoms with Crippen molar-refractivity contribution in [3.8, 4) is 11.5 Å². The summed E-state index contributed by atoms with van der Waals surface area (Å²) in [6, 6.07) is 8.14. The van der Waals surface area contributed by atoms with Gasteiger partial charge in [-0.05, 0) is 44.4 Å². The van der Waals surface area contributed by atoms with E-state index in [0.29, 0.717) is 24.2 Å². The molecule has 1 atom stereocenters. The third-order valence-electron chi connectivity index (χ3n) is 4.64. The molecule has 3 heterocycles. The van der Waals surface area contributed by atoms with Gasteiger partial charge in [0.1, 0.15) is 12.7 Å². The van der Waals surface area contributed by atoms with Crippen LogP contribution < -0.4 is 0 Å². The minimum atomic E-state index is 0.579. The molecule has 1 aromatic carbocycles. The summed E-state index contributed by atoms with van der Waals surface area (Å²) < 4.78 is 7.78. The number of benzene rings is 1. The zero-order valence-corrected chi connectivity index (χ0v) is 14.4. The van der Waals surface area contributed by atoms with Crippen LogP contribution in [0.15, 0.2) is 41.3 Å². The minimum absolute atomic E-state index is 0.579. The number of rotatable bonds is 5. The monoisotopic (exact) mass is 338 g/mol. The van der Waals surface area contributed by atoms with Crippen molar-refractivity contribution in [2.45, 2.75) is 32.9 Å². The van der Waals surface area contributed by atoms with E-state index in [1.165, 1.54) is 18.4 Å². The van der Waals surface area contributed by atoms with Gasteiger partial charge in [0.25, 0.3) is 0 Å². The number of nitrogens with zero attached hydrogens (tertiary/aromatic N) is 6. The fraction of sp³-hybridized carbons (Fsp3) is 0.444. The Labute approximate surface area is 146 Å². The average Bonchev–Trinajstić information content (AvgIpc) is 3.28. The molecule has 0 amide bonds. The molecular weight excluding hydrogens is 316 g/mol. The first-order valence-electron chi connectivity index (χ1n) is 8.70. The largest absolute Gasteiger partial charge is 0.419 e. The fourth-order valence-electron chi connectivity index (χ4n) is 3.36. The Hall–Kier alpha value is -2.54. The van der Waals surface area contributed by atoms with Gasteiger partial charge in [0.05, 0.1) is 6.54 Å². The van der Waals surface area contributed by atoms with E-state index >= 15 is 0 Å². The lowest BCUT2D eigenvalue weighted by molar-refractivity contribution is 0.142. The molecule has 0 N–H and O–H groups in total. The van der Waals surface area contributed by atoms with Crippen LogP contribution in [-0.4, -0.2) is 43.0 Å². The van der Waals surface area contributed by atoms with Crippen molar-refractivity contribution in [3.63, 3.8) is 0 Å². The number of hydrogen-bond acceptors (Lipinski definition) is 6. The van der Waals surface area contributed by atoms with Crippen molar-refractivity contribution in [2.24, 2.45) is 5.92 Å². The van der Waals surface area contributed by atoms with Crippen molar-refractivity contribution in [3.05, 3.63) is 48.4 Å². The van der Waals surface area contributed by atoms with Crippen LogP contribution in [0.4, 0.5) is 0 Å². The summed E-state index contributed by atoms with van der Waals surface area (Å²) in [5.74, 6) is 1.85. The Morgan fingerprint density at radius 2 is 2.08 bits per heavy atom. The highest BCUT2D eigenvalue weighted by Crippen LogP contribution is 2.22. The molecule has 3 aromatic rings. The number of aromatic nitrogens is 5. The normalized spacial score (nSPS) is 18.5. The van der Waals surface area contributed by atoms with Gasteiger partial charge in [-0.2, -0.15) is 5.10 Å². The first-order chi connectivity index (χ1) is 12.3. The van der Waals surface area contributed by atoms with Crippen LogP contribution in [-0.2, 0) is 13.1 Å². The first kappa shape index (κ1) is 16.0. The lowest BCUT2D eigenvalue weighted by Crippen LogP contribution is -2.36. The molecule has 0 bridgehead atoms. The number of aryl methyl sites for hydroxylation is 1. The molecule has 7 heteroatoms. The maximum absolute atomic E-state index is 5.86. The molecule has 0 aliphatic carbocycles. The van der Waals surface area contributed by atoms with Crippen LogP contribution in [0.1, 0.15) is 24.3 Å². The van der Waals surface area contributed by atoms with Crippen LogP contribution in [0.5, 0.6) is 0 Å². The van der Waals surface area contributed by atoms with Gasteiger partial charge in [-0.15, -0.1) is 10.2 Å². The van der Waals surface area contributed by atoms with Gasteiger partial charge in [-0.3, -0.25) is 9.58 Å². The minimum Gasteiger partial charge on any atom is -0.419 e. The van der Waals surface area contributed by atoms with Gasteiger partial charge in [-0.1, -0.05) is 17.7 Å². The highest BCUT2D eigenvalue weighted by molar-refractivity contribution is 5.52. The molecule has 7 nitrogen and oxygen atoms in total. The average molecular weight is 338 g/mol. The molecule has 25 heavy (non-hydrogen) atoms. The summed E-state index contributed by atoms with van der Waals surface area (Å²) in [6.45, 7) is 5.76. The second-order valence-corrected chi connectivity index (χ2v) is 6.73. The second kappa shape index (κ2) is 7.14. The van der Waals surface area contributed by atoms with Gasteiger partial charge in [0.2, 0.25) is 11.8 Å². The van der Waals surface area contributed by atoms with E-state index in [9.17, 15) is 0 Å². The number of hydrogen-bond donors (Lipinski definition) is 0. The van der Waals surface area contributed by atoms with E-state index in [4.69, 9.17) is 4.42 Å². The van der Waals surface area contributed by atoms with E-state index in [1.807, 2.05) is 16.8 Å². The summed E-state index contributed by atoms with van der Waals surface area (Å²) in [5, 5.41) is 12.6. The van der Waals surface area contributed by atoms with Gasteiger partial charge in [-0.25, -0.2) is 4.98 Å². The molecule has 4 rings (SSSR count). The predicted molar refractivity (Wildman–Crippen MR) is 92.5 cm³/mol. The second-order valence-electron chi connectivity index (χ2n) is 6.73. The maximum atomic E-state index is 5.86. The topological polar surface area (TPSA) is 72.9 Å². The first-order valence-corrected chi connectivity index (χ1v) is 8.70. The summed E-state index contributed by atoms with van der Waals surface area (Å²) in [5.41, 5.74) is 2.18. The Morgan fingerprint density at radius 3 is 2.88 bits per heavy atom. The molecule has 1 saturated heterocycles. The van der Waals surface area contributed by atoms with E-state index < -0.39 is 0 Å². The van der Waals surface area contributed by atoms with Crippen molar-refractivity contribution in [2.75, 3.05) is 13.1 Å². The zero-order chi connectivity index (χ0) is 17.1. The summed E-state index contributed by atoms with van der Waals surface area (Å²) in [7, 11) is 0. The van der Waals surface area contributed by atoms with E-state index in [0.717, 1.165) is 25.2 Å². The lowest BCUT2D eigenvalue weighted by atomic mass is 9.98. The Kier molecular flexibility index (Phi) is 4.56. The van der Waals surface area contributed by atoms with Crippen LogP contribution in [0, 0.1) is 12.8 Å². The van der Waals surface area contributed by atoms with Gasteiger partial charge in [0.15, 0.2) is 0 Å². The SMILES string of the molecule is Cc1ccc(-c2nnc(CN3CCC[C@@H](Cn4cncn4)C3)o2)cc1. The molecule has 0 unspecified atom stereocenters. The smallest absolute Gasteiger partial charge is 0.247 e. The van der Waals surface area contributed by atoms with Crippen molar-refractivity contribution in [1.82, 2.24) is 29.9 Å². The van der Waals surface area contributed by atoms with Gasteiger partial charge in [0, 0.05) is 18.7 Å². The third kappa shape index (κ3) is 3.93. The molecule has 0 saturated carbocycles. The molecule has 1 aliphatic rings. The quantitative estimate of drug-likeness (QED) is 0.712. The highest BCUT2D eigenvalue weighted by Gasteiger charge is 2.22. The Balaban J connectivity index is 1.37. The summed E-state index contributed by atoms with van der Waals surface area (Å²) in [6.07, 6.45) is 5.77. The molecule has 1 aliphatic heterocycles. The molecule has 0 radical (unpaired) electrons. The number of likely N-dealkylation sites (tertiary alicyclic amines) is 1. The standard InChI is InChI=1S/C18H22N6O/c1-14-4-6-16(7-5-14)18-22-21-17(25-18)11-23-8-2-3-15(9-23)10-24-13-19-12-20-24/h4-7,12-13,15H,2-3,8-11H2,1H3/t15-/m1/s1. The van der Waals surface area contributed by atoms with Gasteiger partial charge < -0.3 is 4.42 Å². The molecule has 2 aromatic heterocycles. The van der Waals surface area contributed by atoms with Crippen molar-refractivity contribution < 1.29 is 4.42 Å². The predicted octanol–water partition coefficient (Wildman–Crippen LogP) is 2.55. The van der Waals surface area contributed by atoms with Crippen LogP contribution in [0.3, 0.4) is 0 Å². The molecular formula is C18H22N6O. The molecule has 1 fully saturated rings. The summed E-state index contributed by atoms with van der Waals surface area (Å²) >= 11 is 0. The lowest BCUT2D eigenvalue weighted by Gasteiger charge is -2.31. The van der Waals surface area contributed by atoms with Crippen LogP contribution in [0.2, 0.25) is 0 Å².